The normalized spacial score (nSPS) is 26.4. The zero-order valence-electron chi connectivity index (χ0n) is 10.1. The molecular weight excluding hydrogens is 262 g/mol. The molecule has 1 aromatic heterocycles. The fourth-order valence-electron chi connectivity index (χ4n) is 2.34. The summed E-state index contributed by atoms with van der Waals surface area (Å²) in [5.41, 5.74) is 1.12. The molecule has 2 heterocycles. The molecule has 0 radical (unpaired) electrons. The number of aromatic nitrogens is 1. The predicted octanol–water partition coefficient (Wildman–Crippen LogP) is 1.81. The molecule has 0 fully saturated rings. The summed E-state index contributed by atoms with van der Waals surface area (Å²) in [4.78, 5) is 19.7. The zero-order chi connectivity index (χ0) is 14.0. The number of rotatable bonds is 2. The molecule has 1 aliphatic rings. The highest BCUT2D eigenvalue weighted by atomic mass is 32.1. The summed E-state index contributed by atoms with van der Waals surface area (Å²) in [6.45, 7) is 1.63. The second-order valence-corrected chi connectivity index (χ2v) is 4.74. The van der Waals surface area contributed by atoms with E-state index in [4.69, 9.17) is 12.2 Å². The van der Waals surface area contributed by atoms with Gasteiger partial charge in [0.1, 0.15) is 16.8 Å². The molecule has 0 aliphatic carbocycles. The minimum Gasteiger partial charge on any atom is -0.481 e. The van der Waals surface area contributed by atoms with Crippen LogP contribution < -0.4 is 0 Å². The topological polar surface area (TPSA) is 86.3 Å². The second-order valence-electron chi connectivity index (χ2n) is 4.33. The summed E-state index contributed by atoms with van der Waals surface area (Å²) < 4.78 is 0. The molecule has 1 aliphatic heterocycles. The Labute approximate surface area is 115 Å². The first kappa shape index (κ1) is 13.3. The van der Waals surface area contributed by atoms with E-state index < -0.39 is 23.7 Å². The Balaban J connectivity index is 2.57. The molecule has 0 saturated heterocycles. The summed E-state index contributed by atoms with van der Waals surface area (Å²) in [7, 11) is 0. The largest absolute Gasteiger partial charge is 0.481 e. The molecule has 5 nitrogen and oxygen atoms in total. The first-order valence-electron chi connectivity index (χ1n) is 5.67. The van der Waals surface area contributed by atoms with Crippen molar-refractivity contribution in [3.63, 3.8) is 0 Å². The lowest BCUT2D eigenvalue weighted by Gasteiger charge is -2.31. The van der Waals surface area contributed by atoms with Crippen LogP contribution in [-0.4, -0.2) is 26.8 Å². The van der Waals surface area contributed by atoms with Crippen molar-refractivity contribution in [1.82, 2.24) is 4.98 Å². The van der Waals surface area contributed by atoms with Crippen LogP contribution in [0.2, 0.25) is 0 Å². The lowest BCUT2D eigenvalue weighted by atomic mass is 9.74. The molecule has 2 rings (SSSR count). The van der Waals surface area contributed by atoms with Gasteiger partial charge in [-0.05, 0) is 18.6 Å². The van der Waals surface area contributed by atoms with E-state index in [1.807, 2.05) is 0 Å². The Kier molecular flexibility index (Phi) is 3.67. The molecule has 3 atom stereocenters. The van der Waals surface area contributed by atoms with Crippen molar-refractivity contribution in [3.05, 3.63) is 30.1 Å². The van der Waals surface area contributed by atoms with Gasteiger partial charge in [0.15, 0.2) is 0 Å². The lowest BCUT2D eigenvalue weighted by molar-refractivity contribution is -0.140. The lowest BCUT2D eigenvalue weighted by Crippen LogP contribution is -2.39. The molecule has 0 bridgehead atoms. The second kappa shape index (κ2) is 5.24. The van der Waals surface area contributed by atoms with Crippen molar-refractivity contribution in [1.29, 1.82) is 5.26 Å². The van der Waals surface area contributed by atoms with Crippen LogP contribution in [0.5, 0.6) is 0 Å². The third-order valence-corrected chi connectivity index (χ3v) is 3.54. The Bertz CT molecular complexity index is 592. The first-order valence-corrected chi connectivity index (χ1v) is 6.08. The maximum atomic E-state index is 11.5. The SMILES string of the molecule is CC1=NC(=S)C(C#N)C(c2cccnc2)C1C(=O)O. The third kappa shape index (κ3) is 2.37. The number of aliphatic imine (C=N–C) groups is 1. The van der Waals surface area contributed by atoms with Crippen molar-refractivity contribution >= 4 is 28.9 Å². The molecule has 1 N–H and O–H groups in total. The summed E-state index contributed by atoms with van der Waals surface area (Å²) >= 11 is 5.10. The van der Waals surface area contributed by atoms with Gasteiger partial charge in [0.25, 0.3) is 0 Å². The number of carbonyl (C=O) groups is 1. The van der Waals surface area contributed by atoms with E-state index >= 15 is 0 Å². The Morgan fingerprint density at radius 3 is 2.84 bits per heavy atom. The van der Waals surface area contributed by atoms with Crippen LogP contribution >= 0.6 is 12.2 Å². The number of hydrogen-bond donors (Lipinski definition) is 1. The highest BCUT2D eigenvalue weighted by Crippen LogP contribution is 2.37. The molecule has 0 saturated carbocycles. The number of carboxylic acids is 1. The highest BCUT2D eigenvalue weighted by molar-refractivity contribution is 7.80. The molecule has 96 valence electrons. The van der Waals surface area contributed by atoms with Gasteiger partial charge in [0.05, 0.1) is 6.07 Å². The molecule has 19 heavy (non-hydrogen) atoms. The fraction of sp³-hybridized carbons (Fsp3) is 0.308. The van der Waals surface area contributed by atoms with Gasteiger partial charge in [-0.15, -0.1) is 0 Å². The number of nitriles is 1. The minimum atomic E-state index is -1.00. The molecule has 3 unspecified atom stereocenters. The van der Waals surface area contributed by atoms with Gasteiger partial charge in [-0.25, -0.2) is 4.99 Å². The van der Waals surface area contributed by atoms with Crippen LogP contribution in [0.3, 0.4) is 0 Å². The van der Waals surface area contributed by atoms with Crippen LogP contribution in [0.25, 0.3) is 0 Å². The zero-order valence-corrected chi connectivity index (χ0v) is 11.0. The number of thiocarbonyl (C=S) groups is 1. The highest BCUT2D eigenvalue weighted by Gasteiger charge is 2.42. The van der Waals surface area contributed by atoms with Crippen molar-refractivity contribution < 1.29 is 9.90 Å². The maximum Gasteiger partial charge on any atom is 0.312 e. The van der Waals surface area contributed by atoms with Crippen molar-refractivity contribution in [2.45, 2.75) is 12.8 Å². The van der Waals surface area contributed by atoms with E-state index in [9.17, 15) is 15.2 Å². The van der Waals surface area contributed by atoms with Gasteiger partial charge in [-0.1, -0.05) is 18.3 Å². The quantitative estimate of drug-likeness (QED) is 0.830. The number of aliphatic carboxylic acids is 1. The van der Waals surface area contributed by atoms with Gasteiger partial charge in [0, 0.05) is 24.0 Å². The summed E-state index contributed by atoms with van der Waals surface area (Å²) in [5, 5.41) is 18.6. The van der Waals surface area contributed by atoms with Gasteiger partial charge in [0.2, 0.25) is 0 Å². The molecule has 6 heteroatoms. The van der Waals surface area contributed by atoms with Crippen LogP contribution in [0, 0.1) is 23.2 Å². The van der Waals surface area contributed by atoms with Gasteiger partial charge >= 0.3 is 5.97 Å². The number of carboxylic acid groups (broad SMARTS) is 1. The van der Waals surface area contributed by atoms with Gasteiger partial charge in [-0.3, -0.25) is 9.78 Å². The summed E-state index contributed by atoms with van der Waals surface area (Å²) in [5.74, 6) is -3.11. The van der Waals surface area contributed by atoms with Crippen molar-refractivity contribution in [2.75, 3.05) is 0 Å². The van der Waals surface area contributed by atoms with E-state index in [-0.39, 0.29) is 4.99 Å². The van der Waals surface area contributed by atoms with E-state index in [1.54, 1.807) is 31.5 Å². The first-order chi connectivity index (χ1) is 9.06. The van der Waals surface area contributed by atoms with E-state index in [2.05, 4.69) is 16.0 Å². The third-order valence-electron chi connectivity index (χ3n) is 3.20. The van der Waals surface area contributed by atoms with Crippen LogP contribution in [-0.2, 0) is 4.79 Å². The monoisotopic (exact) mass is 273 g/mol. The Hall–Kier alpha value is -2.13. The Morgan fingerprint density at radius 1 is 1.58 bits per heavy atom. The van der Waals surface area contributed by atoms with E-state index in [1.165, 1.54) is 0 Å². The summed E-state index contributed by atoms with van der Waals surface area (Å²) in [6.07, 6.45) is 3.18. The van der Waals surface area contributed by atoms with E-state index in [0.29, 0.717) is 11.3 Å². The average molecular weight is 273 g/mol. The van der Waals surface area contributed by atoms with Gasteiger partial charge < -0.3 is 5.11 Å². The number of nitrogens with zero attached hydrogens (tertiary/aromatic N) is 3. The van der Waals surface area contributed by atoms with Crippen LogP contribution in [0.1, 0.15) is 18.4 Å². The minimum absolute atomic E-state index is 0.242. The maximum absolute atomic E-state index is 11.5. The molecule has 0 spiro atoms. The molecule has 0 amide bonds. The van der Waals surface area contributed by atoms with Crippen LogP contribution in [0.15, 0.2) is 29.5 Å². The number of hydrogen-bond acceptors (Lipinski definition) is 4. The number of pyridine rings is 1. The smallest absolute Gasteiger partial charge is 0.312 e. The van der Waals surface area contributed by atoms with Crippen molar-refractivity contribution in [2.24, 2.45) is 16.8 Å². The molecular formula is C13H11N3O2S. The summed E-state index contributed by atoms with van der Waals surface area (Å²) in [6, 6.07) is 5.55. The average Bonchev–Trinajstić information content (AvgIpc) is 2.38. The molecule has 0 aromatic carbocycles. The standard InChI is InChI=1S/C13H11N3O2S/c1-7-10(13(17)18)11(8-3-2-4-15-6-8)9(5-14)12(19)16-7/h2-4,6,9-11H,1H3,(H,17,18). The molecule has 1 aromatic rings. The van der Waals surface area contributed by atoms with Crippen molar-refractivity contribution in [3.8, 4) is 6.07 Å². The fourth-order valence-corrected chi connectivity index (χ4v) is 2.69. The van der Waals surface area contributed by atoms with Gasteiger partial charge in [-0.2, -0.15) is 5.26 Å². The Morgan fingerprint density at radius 2 is 2.32 bits per heavy atom. The van der Waals surface area contributed by atoms with E-state index in [0.717, 1.165) is 0 Å². The predicted molar refractivity (Wildman–Crippen MR) is 72.9 cm³/mol. The van der Waals surface area contributed by atoms with Crippen LogP contribution in [0.4, 0.5) is 0 Å².